The van der Waals surface area contributed by atoms with Crippen LogP contribution < -0.4 is 0 Å². The number of imidazole rings is 1. The van der Waals surface area contributed by atoms with Crippen LogP contribution >= 0.6 is 11.3 Å². The van der Waals surface area contributed by atoms with Crippen LogP contribution in [0, 0.1) is 12.8 Å². The average molecular weight is 388 g/mol. The van der Waals surface area contributed by atoms with Crippen LogP contribution in [0.3, 0.4) is 0 Å². The Kier molecular flexibility index (Phi) is 4.69. The summed E-state index contributed by atoms with van der Waals surface area (Å²) in [5.74, 6) is 1.24. The second-order valence-corrected chi connectivity index (χ2v) is 9.76. The Balaban J connectivity index is 1.53. The topological polar surface area (TPSA) is 55.2 Å². The number of thiophene rings is 1. The molecule has 136 valence electrons. The van der Waals surface area contributed by atoms with Crippen LogP contribution in [-0.2, 0) is 16.6 Å². The van der Waals surface area contributed by atoms with Crippen LogP contribution in [0.2, 0.25) is 0 Å². The van der Waals surface area contributed by atoms with Crippen LogP contribution in [0.15, 0.2) is 58.3 Å². The fourth-order valence-electron chi connectivity index (χ4n) is 3.47. The summed E-state index contributed by atoms with van der Waals surface area (Å²) in [4.78, 5) is 4.57. The molecule has 7 heteroatoms. The first-order valence-corrected chi connectivity index (χ1v) is 11.0. The first-order valence-electron chi connectivity index (χ1n) is 8.67. The number of sulfonamides is 1. The van der Waals surface area contributed by atoms with Crippen LogP contribution in [0.1, 0.15) is 12.1 Å². The number of nitrogens with zero attached hydrogens (tertiary/aromatic N) is 3. The van der Waals surface area contributed by atoms with Crippen LogP contribution in [-0.4, -0.2) is 35.4 Å². The Morgan fingerprint density at radius 2 is 2.00 bits per heavy atom. The minimum Gasteiger partial charge on any atom is -0.328 e. The van der Waals surface area contributed by atoms with E-state index in [9.17, 15) is 8.42 Å². The van der Waals surface area contributed by atoms with Gasteiger partial charge in [-0.25, -0.2) is 13.4 Å². The van der Waals surface area contributed by atoms with Crippen molar-refractivity contribution in [1.82, 2.24) is 13.9 Å². The van der Waals surface area contributed by atoms with Gasteiger partial charge < -0.3 is 4.57 Å². The van der Waals surface area contributed by atoms with Crippen LogP contribution in [0.5, 0.6) is 0 Å². The lowest BCUT2D eigenvalue weighted by Crippen LogP contribution is -2.29. The molecule has 0 bridgehead atoms. The monoisotopic (exact) mass is 387 g/mol. The molecule has 0 radical (unpaired) electrons. The van der Waals surface area contributed by atoms with Gasteiger partial charge in [0.15, 0.2) is 0 Å². The highest BCUT2D eigenvalue weighted by Gasteiger charge is 2.33. The number of hydrogen-bond donors (Lipinski definition) is 0. The van der Waals surface area contributed by atoms with Crippen LogP contribution in [0.25, 0.3) is 11.4 Å². The fourth-order valence-corrected chi connectivity index (χ4v) is 6.14. The molecule has 3 aromatic rings. The minimum atomic E-state index is -3.35. The predicted octanol–water partition coefficient (Wildman–Crippen LogP) is 3.63. The zero-order valence-electron chi connectivity index (χ0n) is 14.6. The molecule has 0 spiro atoms. The van der Waals surface area contributed by atoms with Gasteiger partial charge in [0.2, 0.25) is 0 Å². The molecule has 0 saturated carbocycles. The van der Waals surface area contributed by atoms with Crippen molar-refractivity contribution >= 4 is 21.4 Å². The third-order valence-corrected chi connectivity index (χ3v) is 8.10. The van der Waals surface area contributed by atoms with Gasteiger partial charge in [-0.2, -0.15) is 4.31 Å². The van der Waals surface area contributed by atoms with Gasteiger partial charge in [0.05, 0.1) is 0 Å². The van der Waals surface area contributed by atoms with Crippen molar-refractivity contribution < 1.29 is 8.42 Å². The van der Waals surface area contributed by atoms with Gasteiger partial charge in [0, 0.05) is 37.1 Å². The molecule has 1 atom stereocenters. The van der Waals surface area contributed by atoms with Crippen molar-refractivity contribution in [3.8, 4) is 11.4 Å². The third-order valence-electron chi connectivity index (χ3n) is 4.87. The number of aromatic nitrogens is 2. The highest BCUT2D eigenvalue weighted by atomic mass is 32.2. The second kappa shape index (κ2) is 6.98. The highest BCUT2D eigenvalue weighted by Crippen LogP contribution is 2.29. The zero-order valence-corrected chi connectivity index (χ0v) is 16.2. The molecule has 1 aromatic carbocycles. The summed E-state index contributed by atoms with van der Waals surface area (Å²) in [6.07, 6.45) is 2.76. The first-order chi connectivity index (χ1) is 12.6. The predicted molar refractivity (Wildman–Crippen MR) is 104 cm³/mol. The molecule has 0 N–H and O–H groups in total. The van der Waals surface area contributed by atoms with Gasteiger partial charge >= 0.3 is 0 Å². The maximum absolute atomic E-state index is 12.7. The van der Waals surface area contributed by atoms with Gasteiger partial charge in [-0.05, 0) is 30.7 Å². The summed E-state index contributed by atoms with van der Waals surface area (Å²) < 4.78 is 29.7. The Morgan fingerprint density at radius 3 is 2.73 bits per heavy atom. The SMILES string of the molecule is Cc1cnc(-c2ccccc2)n1CC1CCN(S(=O)(=O)c2cccs2)C1. The van der Waals surface area contributed by atoms with Crippen molar-refractivity contribution in [3.63, 3.8) is 0 Å². The second-order valence-electron chi connectivity index (χ2n) is 6.65. The summed E-state index contributed by atoms with van der Waals surface area (Å²) in [7, 11) is -3.35. The number of hydrogen-bond acceptors (Lipinski definition) is 4. The molecule has 5 nitrogen and oxygen atoms in total. The lowest BCUT2D eigenvalue weighted by molar-refractivity contribution is 0.429. The summed E-state index contributed by atoms with van der Waals surface area (Å²) in [5.41, 5.74) is 2.19. The van der Waals surface area contributed by atoms with Crippen molar-refractivity contribution in [1.29, 1.82) is 0 Å². The van der Waals surface area contributed by atoms with E-state index in [1.54, 1.807) is 21.8 Å². The summed E-state index contributed by atoms with van der Waals surface area (Å²) in [5, 5.41) is 1.81. The lowest BCUT2D eigenvalue weighted by atomic mass is 10.1. The van der Waals surface area contributed by atoms with Gasteiger partial charge in [0.1, 0.15) is 10.0 Å². The molecule has 1 aliphatic rings. The minimum absolute atomic E-state index is 0.292. The van der Waals surface area contributed by atoms with E-state index >= 15 is 0 Å². The molecular weight excluding hydrogens is 366 g/mol. The summed E-state index contributed by atoms with van der Waals surface area (Å²) in [6, 6.07) is 13.6. The zero-order chi connectivity index (χ0) is 18.1. The van der Waals surface area contributed by atoms with E-state index in [-0.39, 0.29) is 0 Å². The molecule has 1 saturated heterocycles. The van der Waals surface area contributed by atoms with E-state index in [2.05, 4.69) is 28.6 Å². The van der Waals surface area contributed by atoms with Crippen molar-refractivity contribution in [2.75, 3.05) is 13.1 Å². The molecule has 0 amide bonds. The van der Waals surface area contributed by atoms with E-state index in [0.717, 1.165) is 30.0 Å². The van der Waals surface area contributed by atoms with Gasteiger partial charge in [-0.15, -0.1) is 11.3 Å². The Morgan fingerprint density at radius 1 is 1.19 bits per heavy atom. The van der Waals surface area contributed by atoms with Crippen molar-refractivity contribution in [3.05, 3.63) is 59.7 Å². The van der Waals surface area contributed by atoms with Crippen LogP contribution in [0.4, 0.5) is 0 Å². The standard InChI is InChI=1S/C19H21N3O2S2/c1-15-12-20-19(17-6-3-2-4-7-17)22(15)14-16-9-10-21(13-16)26(23,24)18-8-5-11-25-18/h2-8,11-12,16H,9-10,13-14H2,1H3. The van der Waals surface area contributed by atoms with Crippen molar-refractivity contribution in [2.45, 2.75) is 24.1 Å². The number of benzene rings is 1. The highest BCUT2D eigenvalue weighted by molar-refractivity contribution is 7.91. The molecule has 26 heavy (non-hydrogen) atoms. The Bertz CT molecular complexity index is 979. The van der Waals surface area contributed by atoms with E-state index in [1.807, 2.05) is 24.4 Å². The third kappa shape index (κ3) is 3.22. The fraction of sp³-hybridized carbons (Fsp3) is 0.316. The van der Waals surface area contributed by atoms with Gasteiger partial charge in [-0.1, -0.05) is 36.4 Å². The maximum Gasteiger partial charge on any atom is 0.252 e. The van der Waals surface area contributed by atoms with Gasteiger partial charge in [0.25, 0.3) is 10.0 Å². The molecule has 1 aliphatic heterocycles. The molecule has 0 aliphatic carbocycles. The normalized spacial score (nSPS) is 18.4. The quantitative estimate of drug-likeness (QED) is 0.672. The largest absolute Gasteiger partial charge is 0.328 e. The average Bonchev–Trinajstić information content (AvgIpc) is 3.39. The first kappa shape index (κ1) is 17.5. The molecule has 4 rings (SSSR count). The smallest absolute Gasteiger partial charge is 0.252 e. The molecule has 2 aromatic heterocycles. The maximum atomic E-state index is 12.7. The van der Waals surface area contributed by atoms with E-state index in [1.165, 1.54) is 11.3 Å². The molecule has 1 fully saturated rings. The van der Waals surface area contributed by atoms with E-state index in [4.69, 9.17) is 0 Å². The molecular formula is C19H21N3O2S2. The number of aryl methyl sites for hydroxylation is 1. The van der Waals surface area contributed by atoms with E-state index < -0.39 is 10.0 Å². The molecule has 3 heterocycles. The van der Waals surface area contributed by atoms with E-state index in [0.29, 0.717) is 23.2 Å². The van der Waals surface area contributed by atoms with Gasteiger partial charge in [-0.3, -0.25) is 0 Å². The van der Waals surface area contributed by atoms with Crippen molar-refractivity contribution in [2.24, 2.45) is 5.92 Å². The Labute approximate surface area is 158 Å². The summed E-state index contributed by atoms with van der Waals surface area (Å²) >= 11 is 1.28. The lowest BCUT2D eigenvalue weighted by Gasteiger charge is -2.17. The number of rotatable bonds is 5. The Hall–Kier alpha value is -1.96. The summed E-state index contributed by atoms with van der Waals surface area (Å²) in [6.45, 7) is 3.98. The molecule has 1 unspecified atom stereocenters.